The molecule has 0 aliphatic heterocycles. The van der Waals surface area contributed by atoms with Crippen molar-refractivity contribution in [2.45, 2.75) is 18.1 Å². The molecular weight excluding hydrogens is 277 g/mol. The van der Waals surface area contributed by atoms with Crippen molar-refractivity contribution in [3.05, 3.63) is 23.7 Å². The second-order valence-electron chi connectivity index (χ2n) is 3.54. The molecule has 0 saturated heterocycles. The number of halogens is 5. The zero-order valence-corrected chi connectivity index (χ0v) is 9.85. The quantitative estimate of drug-likeness (QED) is 0.683. The average Bonchev–Trinajstić information content (AvgIpc) is 2.76. The van der Waals surface area contributed by atoms with Crippen LogP contribution in [0.1, 0.15) is 22.4 Å². The fraction of sp³-hybridized carbons (Fsp3) is 0.500. The Morgan fingerprint density at radius 2 is 1.89 bits per heavy atom. The lowest BCUT2D eigenvalue weighted by atomic mass is 10.1. The highest BCUT2D eigenvalue weighted by Crippen LogP contribution is 2.44. The predicted molar refractivity (Wildman–Crippen MR) is 52.9 cm³/mol. The van der Waals surface area contributed by atoms with Crippen LogP contribution in [-0.2, 0) is 4.74 Å². The highest BCUT2D eigenvalue weighted by atomic mass is 19.4. The summed E-state index contributed by atoms with van der Waals surface area (Å²) in [5, 5.41) is 1.82. The van der Waals surface area contributed by atoms with Crippen molar-refractivity contribution < 1.29 is 35.9 Å². The van der Waals surface area contributed by atoms with Gasteiger partial charge >= 0.3 is 18.1 Å². The molecule has 19 heavy (non-hydrogen) atoms. The van der Waals surface area contributed by atoms with E-state index in [-0.39, 0.29) is 0 Å². The first-order valence-electron chi connectivity index (χ1n) is 4.95. The number of carbonyl (C=O) groups excluding carboxylic acids is 1. The van der Waals surface area contributed by atoms with E-state index in [0.717, 1.165) is 26.3 Å². The summed E-state index contributed by atoms with van der Waals surface area (Å²) >= 11 is 0. The maximum atomic E-state index is 13.2. The second kappa shape index (κ2) is 5.16. The topological polar surface area (TPSA) is 51.5 Å². The summed E-state index contributed by atoms with van der Waals surface area (Å²) in [5.41, 5.74) is 0. The van der Waals surface area contributed by atoms with Crippen LogP contribution >= 0.6 is 0 Å². The molecule has 0 aliphatic carbocycles. The smallest absolute Gasteiger partial charge is 0.455 e. The number of nitrogens with one attached hydrogen (secondary N) is 1. The van der Waals surface area contributed by atoms with E-state index in [4.69, 9.17) is 0 Å². The number of furan rings is 1. The lowest BCUT2D eigenvalue weighted by Gasteiger charge is -2.26. The van der Waals surface area contributed by atoms with Crippen molar-refractivity contribution in [2.75, 3.05) is 14.2 Å². The normalized spacial score (nSPS) is 14.3. The maximum absolute atomic E-state index is 13.2. The Bertz CT molecular complexity index is 454. The number of hydrogen-bond donors (Lipinski definition) is 1. The van der Waals surface area contributed by atoms with E-state index < -0.39 is 35.6 Å². The molecule has 0 saturated carbocycles. The number of methoxy groups -OCH3 is 1. The Balaban J connectivity index is 3.11. The van der Waals surface area contributed by atoms with Crippen LogP contribution in [0.25, 0.3) is 0 Å². The first-order valence-corrected chi connectivity index (χ1v) is 4.95. The number of esters is 1. The number of rotatable bonds is 4. The van der Waals surface area contributed by atoms with Crippen LogP contribution in [0.3, 0.4) is 0 Å². The molecule has 0 aliphatic rings. The van der Waals surface area contributed by atoms with Crippen molar-refractivity contribution in [1.82, 2.24) is 5.32 Å². The molecule has 1 heterocycles. The van der Waals surface area contributed by atoms with Gasteiger partial charge in [0.2, 0.25) is 5.76 Å². The third-order valence-electron chi connectivity index (χ3n) is 2.33. The molecule has 4 nitrogen and oxygen atoms in total. The van der Waals surface area contributed by atoms with Crippen LogP contribution in [0.2, 0.25) is 0 Å². The molecule has 1 aromatic heterocycles. The van der Waals surface area contributed by atoms with Gasteiger partial charge in [-0.1, -0.05) is 0 Å². The van der Waals surface area contributed by atoms with Gasteiger partial charge in [0.25, 0.3) is 0 Å². The van der Waals surface area contributed by atoms with E-state index in [0.29, 0.717) is 0 Å². The SMILES string of the molecule is CNC(c1ccc(C(=O)OC)o1)C(F)(F)C(F)(F)F. The third-order valence-corrected chi connectivity index (χ3v) is 2.33. The third kappa shape index (κ3) is 2.86. The fourth-order valence-corrected chi connectivity index (χ4v) is 1.38. The molecule has 0 amide bonds. The van der Waals surface area contributed by atoms with Crippen molar-refractivity contribution in [3.63, 3.8) is 0 Å². The Hall–Kier alpha value is -1.64. The van der Waals surface area contributed by atoms with E-state index in [1.807, 2.05) is 5.32 Å². The van der Waals surface area contributed by atoms with Gasteiger partial charge in [0, 0.05) is 0 Å². The van der Waals surface area contributed by atoms with E-state index in [9.17, 15) is 26.7 Å². The number of alkyl halides is 5. The molecule has 0 spiro atoms. The molecular formula is C10H10F5NO3. The van der Waals surface area contributed by atoms with Gasteiger partial charge in [-0.3, -0.25) is 0 Å². The molecule has 1 rings (SSSR count). The summed E-state index contributed by atoms with van der Waals surface area (Å²) in [7, 11) is 1.94. The van der Waals surface area contributed by atoms with Crippen LogP contribution in [-0.4, -0.2) is 32.2 Å². The standard InChI is InChI=1S/C10H10F5NO3/c1-16-7(9(11,12)10(13,14)15)5-3-4-6(19-5)8(17)18-2/h3-4,7,16H,1-2H3. The Kier molecular flexibility index (Phi) is 4.18. The van der Waals surface area contributed by atoms with Gasteiger partial charge in [0.15, 0.2) is 0 Å². The van der Waals surface area contributed by atoms with Crippen LogP contribution in [0.5, 0.6) is 0 Å². The maximum Gasteiger partial charge on any atom is 0.455 e. The van der Waals surface area contributed by atoms with Gasteiger partial charge in [-0.2, -0.15) is 22.0 Å². The van der Waals surface area contributed by atoms with E-state index in [1.54, 1.807) is 0 Å². The zero-order chi connectivity index (χ0) is 14.8. The summed E-state index contributed by atoms with van der Waals surface area (Å²) in [6.07, 6.45) is -5.75. The fourth-order valence-electron chi connectivity index (χ4n) is 1.38. The first kappa shape index (κ1) is 15.4. The summed E-state index contributed by atoms with van der Waals surface area (Å²) in [4.78, 5) is 11.0. The van der Waals surface area contributed by atoms with Gasteiger partial charge in [-0.05, 0) is 19.2 Å². The molecule has 1 N–H and O–H groups in total. The number of hydrogen-bond acceptors (Lipinski definition) is 4. The molecule has 108 valence electrons. The lowest BCUT2D eigenvalue weighted by Crippen LogP contribution is -2.46. The summed E-state index contributed by atoms with van der Waals surface area (Å²) in [5.74, 6) is -7.20. The highest BCUT2D eigenvalue weighted by molar-refractivity contribution is 5.86. The minimum Gasteiger partial charge on any atom is -0.463 e. The highest BCUT2D eigenvalue weighted by Gasteiger charge is 2.63. The second-order valence-corrected chi connectivity index (χ2v) is 3.54. The number of carbonyl (C=O) groups is 1. The molecule has 0 bridgehead atoms. The molecule has 0 fully saturated rings. The monoisotopic (exact) mass is 287 g/mol. The molecule has 0 radical (unpaired) electrons. The minimum atomic E-state index is -5.75. The average molecular weight is 287 g/mol. The molecule has 0 aromatic carbocycles. The summed E-state index contributed by atoms with van der Waals surface area (Å²) in [6.45, 7) is 0. The Labute approximate surface area is 104 Å². The zero-order valence-electron chi connectivity index (χ0n) is 9.85. The van der Waals surface area contributed by atoms with Gasteiger partial charge in [-0.25, -0.2) is 4.79 Å². The van der Waals surface area contributed by atoms with Crippen LogP contribution < -0.4 is 5.32 Å². The molecule has 1 unspecified atom stereocenters. The summed E-state index contributed by atoms with van der Waals surface area (Å²) in [6, 6.07) is -0.628. The van der Waals surface area contributed by atoms with Crippen molar-refractivity contribution >= 4 is 5.97 Å². The van der Waals surface area contributed by atoms with E-state index >= 15 is 0 Å². The van der Waals surface area contributed by atoms with Crippen LogP contribution in [0, 0.1) is 0 Å². The Morgan fingerprint density at radius 1 is 1.32 bits per heavy atom. The number of ether oxygens (including phenoxy) is 1. The van der Waals surface area contributed by atoms with E-state index in [1.165, 1.54) is 0 Å². The van der Waals surface area contributed by atoms with Gasteiger partial charge < -0.3 is 14.5 Å². The van der Waals surface area contributed by atoms with Crippen LogP contribution in [0.4, 0.5) is 22.0 Å². The minimum absolute atomic E-state index is 0.462. The predicted octanol–water partition coefficient (Wildman–Crippen LogP) is 2.52. The summed E-state index contributed by atoms with van der Waals surface area (Å²) < 4.78 is 72.1. The van der Waals surface area contributed by atoms with E-state index in [2.05, 4.69) is 9.15 Å². The van der Waals surface area contributed by atoms with Crippen molar-refractivity contribution in [2.24, 2.45) is 0 Å². The first-order chi connectivity index (χ1) is 8.65. The van der Waals surface area contributed by atoms with Crippen molar-refractivity contribution in [1.29, 1.82) is 0 Å². The molecule has 1 atom stereocenters. The Morgan fingerprint density at radius 3 is 2.32 bits per heavy atom. The van der Waals surface area contributed by atoms with Crippen molar-refractivity contribution in [3.8, 4) is 0 Å². The van der Waals surface area contributed by atoms with Gasteiger partial charge in [-0.15, -0.1) is 0 Å². The molecule has 9 heteroatoms. The largest absolute Gasteiger partial charge is 0.463 e. The van der Waals surface area contributed by atoms with Gasteiger partial charge in [0.1, 0.15) is 11.8 Å². The van der Waals surface area contributed by atoms with Crippen LogP contribution in [0.15, 0.2) is 16.5 Å². The van der Waals surface area contributed by atoms with Gasteiger partial charge in [0.05, 0.1) is 7.11 Å². The lowest BCUT2D eigenvalue weighted by molar-refractivity contribution is -0.295. The molecule has 1 aromatic rings.